The topological polar surface area (TPSA) is 56.2 Å². The number of carbonyl (C=O) groups excluding carboxylic acids is 1. The van der Waals surface area contributed by atoms with Crippen molar-refractivity contribution < 1.29 is 9.53 Å². The van der Waals surface area contributed by atoms with Crippen LogP contribution in [0.4, 0.5) is 5.13 Å². The molecule has 5 nitrogen and oxygen atoms in total. The molecule has 2 aromatic carbocycles. The SMILES string of the molecule is Cc1cc(-c2csc(NC(=O)c3ccc4ccccc4c3)n2)c(C)n1CC1CCCO1. The molecule has 0 saturated carbocycles. The molecule has 0 bridgehead atoms. The fourth-order valence-electron chi connectivity index (χ4n) is 4.29. The third kappa shape index (κ3) is 4.01. The first kappa shape index (κ1) is 20.0. The largest absolute Gasteiger partial charge is 0.376 e. The summed E-state index contributed by atoms with van der Waals surface area (Å²) >= 11 is 1.45. The Bertz CT molecular complexity index is 1250. The maximum atomic E-state index is 12.8. The van der Waals surface area contributed by atoms with Crippen molar-refractivity contribution in [3.63, 3.8) is 0 Å². The minimum Gasteiger partial charge on any atom is -0.376 e. The van der Waals surface area contributed by atoms with Crippen LogP contribution in [0.3, 0.4) is 0 Å². The monoisotopic (exact) mass is 431 g/mol. The van der Waals surface area contributed by atoms with E-state index in [0.717, 1.165) is 48.0 Å². The molecule has 1 amide bonds. The number of fused-ring (bicyclic) bond motifs is 1. The van der Waals surface area contributed by atoms with Crippen LogP contribution in [0.25, 0.3) is 22.0 Å². The van der Waals surface area contributed by atoms with E-state index in [9.17, 15) is 4.79 Å². The molecule has 0 aliphatic carbocycles. The van der Waals surface area contributed by atoms with Crippen LogP contribution < -0.4 is 5.32 Å². The number of anilines is 1. The van der Waals surface area contributed by atoms with Crippen molar-refractivity contribution in [1.82, 2.24) is 9.55 Å². The van der Waals surface area contributed by atoms with Crippen molar-refractivity contribution in [2.75, 3.05) is 11.9 Å². The molecule has 1 N–H and O–H groups in total. The summed E-state index contributed by atoms with van der Waals surface area (Å²) in [6, 6.07) is 15.9. The second-order valence-electron chi connectivity index (χ2n) is 8.08. The predicted octanol–water partition coefficient (Wildman–Crippen LogP) is 5.81. The Labute approximate surface area is 185 Å². The third-order valence-corrected chi connectivity index (χ3v) is 6.75. The van der Waals surface area contributed by atoms with Crippen molar-refractivity contribution in [1.29, 1.82) is 0 Å². The van der Waals surface area contributed by atoms with Crippen LogP contribution >= 0.6 is 11.3 Å². The summed E-state index contributed by atoms with van der Waals surface area (Å²) in [6.45, 7) is 6.00. The van der Waals surface area contributed by atoms with Crippen molar-refractivity contribution in [2.24, 2.45) is 0 Å². The number of aryl methyl sites for hydroxylation is 1. The number of rotatable bonds is 5. The fraction of sp³-hybridized carbons (Fsp3) is 0.280. The number of amides is 1. The minimum absolute atomic E-state index is 0.143. The molecule has 5 rings (SSSR count). The molecule has 2 aromatic heterocycles. The van der Waals surface area contributed by atoms with Crippen molar-refractivity contribution in [3.05, 3.63) is 70.9 Å². The lowest BCUT2D eigenvalue weighted by Crippen LogP contribution is -2.16. The summed E-state index contributed by atoms with van der Waals surface area (Å²) in [5.41, 5.74) is 5.03. The molecule has 1 atom stereocenters. The van der Waals surface area contributed by atoms with Crippen LogP contribution in [-0.2, 0) is 11.3 Å². The smallest absolute Gasteiger partial charge is 0.257 e. The van der Waals surface area contributed by atoms with E-state index in [1.165, 1.54) is 22.7 Å². The van der Waals surface area contributed by atoms with Crippen molar-refractivity contribution in [3.8, 4) is 11.3 Å². The molecule has 6 heteroatoms. The van der Waals surface area contributed by atoms with Gasteiger partial charge in [0.2, 0.25) is 0 Å². The zero-order valence-electron chi connectivity index (χ0n) is 17.7. The molecular weight excluding hydrogens is 406 g/mol. The molecule has 0 radical (unpaired) electrons. The Morgan fingerprint density at radius 1 is 1.19 bits per heavy atom. The molecule has 1 fully saturated rings. The van der Waals surface area contributed by atoms with Gasteiger partial charge in [-0.25, -0.2) is 4.98 Å². The van der Waals surface area contributed by atoms with Gasteiger partial charge >= 0.3 is 0 Å². The zero-order chi connectivity index (χ0) is 21.4. The number of aromatic nitrogens is 2. The van der Waals surface area contributed by atoms with Crippen LogP contribution in [-0.4, -0.2) is 28.2 Å². The number of hydrogen-bond acceptors (Lipinski definition) is 4. The van der Waals surface area contributed by atoms with E-state index in [1.807, 2.05) is 47.8 Å². The average molecular weight is 432 g/mol. The Balaban J connectivity index is 1.34. The standard InChI is InChI=1S/C25H25N3O2S/c1-16-12-22(17(2)28(16)14-21-8-5-11-30-21)23-15-31-25(26-23)27-24(29)20-10-9-18-6-3-4-7-19(18)13-20/h3-4,6-7,9-10,12-13,15,21H,5,8,11,14H2,1-2H3,(H,26,27,29). The summed E-state index contributed by atoms with van der Waals surface area (Å²) < 4.78 is 8.13. The summed E-state index contributed by atoms with van der Waals surface area (Å²) in [7, 11) is 0. The second kappa shape index (κ2) is 8.29. The van der Waals surface area contributed by atoms with Gasteiger partial charge in [0.25, 0.3) is 5.91 Å². The summed E-state index contributed by atoms with van der Waals surface area (Å²) in [5.74, 6) is -0.143. The zero-order valence-corrected chi connectivity index (χ0v) is 18.5. The molecule has 158 valence electrons. The summed E-state index contributed by atoms with van der Waals surface area (Å²) in [6.07, 6.45) is 2.56. The Morgan fingerprint density at radius 3 is 2.84 bits per heavy atom. The highest BCUT2D eigenvalue weighted by atomic mass is 32.1. The number of hydrogen-bond donors (Lipinski definition) is 1. The van der Waals surface area contributed by atoms with Crippen LogP contribution in [0.5, 0.6) is 0 Å². The number of carbonyl (C=O) groups is 1. The molecule has 31 heavy (non-hydrogen) atoms. The van der Waals surface area contributed by atoms with E-state index in [-0.39, 0.29) is 5.91 Å². The maximum Gasteiger partial charge on any atom is 0.257 e. The first-order chi connectivity index (χ1) is 15.1. The van der Waals surface area contributed by atoms with Gasteiger partial charge in [-0.05, 0) is 55.7 Å². The molecule has 1 saturated heterocycles. The normalized spacial score (nSPS) is 16.1. The fourth-order valence-corrected chi connectivity index (χ4v) is 4.99. The van der Waals surface area contributed by atoms with Crippen LogP contribution in [0.1, 0.15) is 34.6 Å². The molecule has 4 aromatic rings. The maximum absolute atomic E-state index is 12.8. The van der Waals surface area contributed by atoms with Gasteiger partial charge in [0, 0.05) is 41.0 Å². The van der Waals surface area contributed by atoms with E-state index in [0.29, 0.717) is 16.8 Å². The van der Waals surface area contributed by atoms with Gasteiger partial charge in [0.05, 0.1) is 11.8 Å². The van der Waals surface area contributed by atoms with Gasteiger partial charge in [-0.2, -0.15) is 0 Å². The van der Waals surface area contributed by atoms with E-state index in [1.54, 1.807) is 0 Å². The highest BCUT2D eigenvalue weighted by molar-refractivity contribution is 7.14. The predicted molar refractivity (Wildman–Crippen MR) is 126 cm³/mol. The Morgan fingerprint density at radius 2 is 2.03 bits per heavy atom. The second-order valence-corrected chi connectivity index (χ2v) is 8.94. The number of nitrogens with zero attached hydrogens (tertiary/aromatic N) is 2. The first-order valence-corrected chi connectivity index (χ1v) is 11.5. The lowest BCUT2D eigenvalue weighted by Gasteiger charge is -2.14. The van der Waals surface area contributed by atoms with E-state index in [2.05, 4.69) is 29.8 Å². The van der Waals surface area contributed by atoms with Crippen LogP contribution in [0, 0.1) is 13.8 Å². The molecule has 0 spiro atoms. The van der Waals surface area contributed by atoms with Gasteiger partial charge in [0.15, 0.2) is 5.13 Å². The summed E-state index contributed by atoms with van der Waals surface area (Å²) in [4.78, 5) is 17.5. The highest BCUT2D eigenvalue weighted by Gasteiger charge is 2.20. The minimum atomic E-state index is -0.143. The quantitative estimate of drug-likeness (QED) is 0.434. The van der Waals surface area contributed by atoms with Crippen molar-refractivity contribution >= 4 is 33.1 Å². The number of benzene rings is 2. The van der Waals surface area contributed by atoms with E-state index < -0.39 is 0 Å². The number of ether oxygens (including phenoxy) is 1. The van der Waals surface area contributed by atoms with Gasteiger partial charge in [-0.3, -0.25) is 10.1 Å². The van der Waals surface area contributed by atoms with Gasteiger partial charge in [-0.1, -0.05) is 30.3 Å². The van der Waals surface area contributed by atoms with Crippen LogP contribution in [0.2, 0.25) is 0 Å². The lowest BCUT2D eigenvalue weighted by atomic mass is 10.1. The number of nitrogens with one attached hydrogen (secondary N) is 1. The molecular formula is C25H25N3O2S. The van der Waals surface area contributed by atoms with Gasteiger partial charge in [0.1, 0.15) is 0 Å². The molecule has 1 aliphatic rings. The highest BCUT2D eigenvalue weighted by Crippen LogP contribution is 2.31. The van der Waals surface area contributed by atoms with Crippen LogP contribution in [0.15, 0.2) is 53.9 Å². The first-order valence-electron chi connectivity index (χ1n) is 10.6. The Hall–Kier alpha value is -2.96. The third-order valence-electron chi connectivity index (χ3n) is 6.00. The number of thiazole rings is 1. The lowest BCUT2D eigenvalue weighted by molar-refractivity contribution is 0.0962. The molecule has 1 unspecified atom stereocenters. The summed E-state index contributed by atoms with van der Waals surface area (Å²) in [5, 5.41) is 7.74. The molecule has 3 heterocycles. The molecule has 1 aliphatic heterocycles. The van der Waals surface area contributed by atoms with Crippen molar-refractivity contribution in [2.45, 2.75) is 39.3 Å². The van der Waals surface area contributed by atoms with Gasteiger partial charge < -0.3 is 9.30 Å². The Kier molecular flexibility index (Phi) is 5.34. The van der Waals surface area contributed by atoms with E-state index >= 15 is 0 Å². The van der Waals surface area contributed by atoms with Gasteiger partial charge in [-0.15, -0.1) is 11.3 Å². The average Bonchev–Trinajstić information content (AvgIpc) is 3.52. The van der Waals surface area contributed by atoms with E-state index in [4.69, 9.17) is 9.72 Å².